The number of primary amides is 1. The third kappa shape index (κ3) is 3.24. The maximum atomic E-state index is 12.3. The van der Waals surface area contributed by atoms with Crippen LogP contribution in [-0.2, 0) is 14.4 Å². The molecule has 3 N–H and O–H groups in total. The lowest BCUT2D eigenvalue weighted by Crippen LogP contribution is -2.50. The summed E-state index contributed by atoms with van der Waals surface area (Å²) in [5, 5.41) is 3.33. The molecular formula is C14H22N4O3. The van der Waals surface area contributed by atoms with Gasteiger partial charge in [-0.05, 0) is 25.7 Å². The summed E-state index contributed by atoms with van der Waals surface area (Å²) >= 11 is 0. The van der Waals surface area contributed by atoms with Crippen LogP contribution in [0.5, 0.6) is 0 Å². The molecule has 2 saturated heterocycles. The molecule has 7 heteroatoms. The van der Waals surface area contributed by atoms with Crippen molar-refractivity contribution in [2.24, 2.45) is 5.73 Å². The molecule has 0 radical (unpaired) electrons. The molecule has 0 spiro atoms. The second-order valence-corrected chi connectivity index (χ2v) is 6.27. The molecule has 0 aromatic rings. The largest absolute Gasteiger partial charge is 0.369 e. The van der Waals surface area contributed by atoms with Crippen LogP contribution < -0.4 is 11.1 Å². The molecule has 1 unspecified atom stereocenters. The zero-order chi connectivity index (χ0) is 15.0. The minimum atomic E-state index is -0.356. The highest BCUT2D eigenvalue weighted by Crippen LogP contribution is 2.31. The summed E-state index contributed by atoms with van der Waals surface area (Å²) in [4.78, 5) is 38.5. The number of nitrogens with zero attached hydrogens (tertiary/aromatic N) is 2. The van der Waals surface area contributed by atoms with E-state index in [4.69, 9.17) is 5.73 Å². The van der Waals surface area contributed by atoms with E-state index in [2.05, 4.69) is 5.32 Å². The molecule has 3 fully saturated rings. The number of carbonyl (C=O) groups is 3. The fraction of sp³-hybridized carbons (Fsp3) is 0.786. The number of rotatable bonds is 5. The van der Waals surface area contributed by atoms with Crippen molar-refractivity contribution in [2.45, 2.75) is 50.2 Å². The molecule has 3 aliphatic rings. The average molecular weight is 294 g/mol. The van der Waals surface area contributed by atoms with Gasteiger partial charge in [-0.1, -0.05) is 0 Å². The highest BCUT2D eigenvalue weighted by molar-refractivity contribution is 6.06. The van der Waals surface area contributed by atoms with Gasteiger partial charge in [0.15, 0.2) is 0 Å². The average Bonchev–Trinajstić information content (AvgIpc) is 3.20. The molecule has 1 aliphatic carbocycles. The van der Waals surface area contributed by atoms with Crippen molar-refractivity contribution in [1.82, 2.24) is 15.1 Å². The Morgan fingerprint density at radius 1 is 1.19 bits per heavy atom. The first-order valence-corrected chi connectivity index (χ1v) is 7.67. The number of amides is 3. The fourth-order valence-corrected chi connectivity index (χ4v) is 3.26. The molecule has 7 nitrogen and oxygen atoms in total. The zero-order valence-corrected chi connectivity index (χ0v) is 12.1. The highest BCUT2D eigenvalue weighted by atomic mass is 16.2. The number of piperidine rings is 1. The number of hydrogen-bond donors (Lipinski definition) is 2. The monoisotopic (exact) mass is 294 g/mol. The van der Waals surface area contributed by atoms with Crippen LogP contribution in [0.4, 0.5) is 0 Å². The van der Waals surface area contributed by atoms with Crippen LogP contribution in [0.1, 0.15) is 32.1 Å². The second kappa shape index (κ2) is 5.73. The van der Waals surface area contributed by atoms with Gasteiger partial charge in [-0.3, -0.25) is 24.2 Å². The molecule has 3 rings (SSSR count). The van der Waals surface area contributed by atoms with Crippen molar-refractivity contribution < 1.29 is 14.4 Å². The summed E-state index contributed by atoms with van der Waals surface area (Å²) in [6.07, 6.45) is 3.94. The standard InChI is InChI=1S/C14H22N4O3/c15-12(19)8-17-5-3-9(4-6-17)16-11-7-13(20)18(14(11)21)10-1-2-10/h9-11,16H,1-8H2,(H2,15,19). The number of carbonyl (C=O) groups excluding carboxylic acids is 3. The minimum Gasteiger partial charge on any atom is -0.369 e. The number of hydrogen-bond acceptors (Lipinski definition) is 5. The number of nitrogens with one attached hydrogen (secondary N) is 1. The van der Waals surface area contributed by atoms with Crippen molar-refractivity contribution >= 4 is 17.7 Å². The number of imide groups is 1. The maximum absolute atomic E-state index is 12.3. The Morgan fingerprint density at radius 2 is 1.86 bits per heavy atom. The van der Waals surface area contributed by atoms with Gasteiger partial charge in [0, 0.05) is 25.2 Å². The molecule has 1 atom stereocenters. The van der Waals surface area contributed by atoms with Gasteiger partial charge in [0.1, 0.15) is 0 Å². The summed E-state index contributed by atoms with van der Waals surface area (Å²) in [7, 11) is 0. The first kappa shape index (κ1) is 14.5. The Hall–Kier alpha value is -1.47. The topological polar surface area (TPSA) is 95.7 Å². The van der Waals surface area contributed by atoms with Crippen LogP contribution in [0, 0.1) is 0 Å². The third-order valence-corrected chi connectivity index (χ3v) is 4.50. The van der Waals surface area contributed by atoms with E-state index in [1.165, 1.54) is 4.90 Å². The summed E-state index contributed by atoms with van der Waals surface area (Å²) in [6.45, 7) is 1.88. The fourth-order valence-electron chi connectivity index (χ4n) is 3.26. The van der Waals surface area contributed by atoms with Crippen LogP contribution in [0.15, 0.2) is 0 Å². The second-order valence-electron chi connectivity index (χ2n) is 6.27. The van der Waals surface area contributed by atoms with Gasteiger partial charge in [-0.15, -0.1) is 0 Å². The highest BCUT2D eigenvalue weighted by Gasteiger charge is 2.46. The van der Waals surface area contributed by atoms with E-state index in [9.17, 15) is 14.4 Å². The lowest BCUT2D eigenvalue weighted by molar-refractivity contribution is -0.139. The van der Waals surface area contributed by atoms with Crippen LogP contribution in [-0.4, -0.2) is 65.3 Å². The van der Waals surface area contributed by atoms with E-state index in [0.717, 1.165) is 38.8 Å². The maximum Gasteiger partial charge on any atom is 0.247 e. The van der Waals surface area contributed by atoms with Crippen LogP contribution >= 0.6 is 0 Å². The quantitative estimate of drug-likeness (QED) is 0.622. The van der Waals surface area contributed by atoms with Gasteiger partial charge in [-0.25, -0.2) is 0 Å². The smallest absolute Gasteiger partial charge is 0.247 e. The van der Waals surface area contributed by atoms with Gasteiger partial charge in [0.05, 0.1) is 19.0 Å². The third-order valence-electron chi connectivity index (χ3n) is 4.50. The number of likely N-dealkylation sites (tertiary alicyclic amines) is 2. The van der Waals surface area contributed by atoms with Gasteiger partial charge < -0.3 is 11.1 Å². The van der Waals surface area contributed by atoms with Gasteiger partial charge in [0.2, 0.25) is 17.7 Å². The van der Waals surface area contributed by atoms with E-state index in [-0.39, 0.29) is 42.3 Å². The lowest BCUT2D eigenvalue weighted by Gasteiger charge is -2.32. The summed E-state index contributed by atoms with van der Waals surface area (Å²) in [5.41, 5.74) is 5.19. The molecule has 2 aliphatic heterocycles. The predicted octanol–water partition coefficient (Wildman–Crippen LogP) is -1.18. The summed E-state index contributed by atoms with van der Waals surface area (Å²) in [6, 6.07) is 0.0371. The Kier molecular flexibility index (Phi) is 3.95. The Labute approximate surface area is 123 Å². The Morgan fingerprint density at radius 3 is 2.43 bits per heavy atom. The normalized spacial score (nSPS) is 28.4. The predicted molar refractivity (Wildman–Crippen MR) is 75.1 cm³/mol. The van der Waals surface area contributed by atoms with Crippen LogP contribution in [0.2, 0.25) is 0 Å². The summed E-state index contributed by atoms with van der Waals surface area (Å²) < 4.78 is 0. The molecule has 3 amide bonds. The van der Waals surface area contributed by atoms with E-state index in [0.29, 0.717) is 6.54 Å². The Bertz CT molecular complexity index is 455. The molecule has 0 bridgehead atoms. The SMILES string of the molecule is NC(=O)CN1CCC(NC2CC(=O)N(C3CC3)C2=O)CC1. The molecule has 116 valence electrons. The van der Waals surface area contributed by atoms with E-state index < -0.39 is 0 Å². The zero-order valence-electron chi connectivity index (χ0n) is 12.1. The van der Waals surface area contributed by atoms with Crippen molar-refractivity contribution in [2.75, 3.05) is 19.6 Å². The minimum absolute atomic E-state index is 0.0360. The van der Waals surface area contributed by atoms with Crippen molar-refractivity contribution in [3.05, 3.63) is 0 Å². The van der Waals surface area contributed by atoms with Crippen molar-refractivity contribution in [3.63, 3.8) is 0 Å². The van der Waals surface area contributed by atoms with E-state index >= 15 is 0 Å². The molecule has 21 heavy (non-hydrogen) atoms. The number of nitrogens with two attached hydrogens (primary N) is 1. The first-order valence-electron chi connectivity index (χ1n) is 7.67. The van der Waals surface area contributed by atoms with Crippen LogP contribution in [0.3, 0.4) is 0 Å². The lowest BCUT2D eigenvalue weighted by atomic mass is 10.0. The molecule has 1 saturated carbocycles. The van der Waals surface area contributed by atoms with Crippen LogP contribution in [0.25, 0.3) is 0 Å². The van der Waals surface area contributed by atoms with E-state index in [1.807, 2.05) is 4.90 Å². The first-order chi connectivity index (χ1) is 10.0. The molecule has 2 heterocycles. The summed E-state index contributed by atoms with van der Waals surface area (Å²) in [5.74, 6) is -0.397. The van der Waals surface area contributed by atoms with Crippen molar-refractivity contribution in [1.29, 1.82) is 0 Å². The molecule has 0 aromatic carbocycles. The molecular weight excluding hydrogens is 272 g/mol. The van der Waals surface area contributed by atoms with Gasteiger partial charge in [0.25, 0.3) is 0 Å². The van der Waals surface area contributed by atoms with E-state index in [1.54, 1.807) is 0 Å². The van der Waals surface area contributed by atoms with Gasteiger partial charge >= 0.3 is 0 Å². The Balaban J connectivity index is 1.48. The van der Waals surface area contributed by atoms with Crippen molar-refractivity contribution in [3.8, 4) is 0 Å². The van der Waals surface area contributed by atoms with Gasteiger partial charge in [-0.2, -0.15) is 0 Å². The molecule has 0 aromatic heterocycles.